The number of carbonyl (C=O) groups is 1. The fourth-order valence-electron chi connectivity index (χ4n) is 1.14. The summed E-state index contributed by atoms with van der Waals surface area (Å²) in [6, 6.07) is 0. The summed E-state index contributed by atoms with van der Waals surface area (Å²) in [6.07, 6.45) is 2.48. The Labute approximate surface area is 105 Å². The number of nitrogens with two attached hydrogens (primary N) is 1. The summed E-state index contributed by atoms with van der Waals surface area (Å²) in [5.41, 5.74) is 5.41. The van der Waals surface area contributed by atoms with Crippen molar-refractivity contribution in [2.45, 2.75) is 6.92 Å². The number of hydrogen-bond acceptors (Lipinski definition) is 6. The largest absolute Gasteiger partial charge is 0.382 e. The second-order valence-electron chi connectivity index (χ2n) is 3.40. The number of nitrogens with zero attached hydrogens (tertiary/aromatic N) is 2. The van der Waals surface area contributed by atoms with E-state index in [2.05, 4.69) is 20.0 Å². The molecule has 100 valence electrons. The first-order chi connectivity index (χ1) is 8.44. The molecule has 0 bridgehead atoms. The van der Waals surface area contributed by atoms with Crippen LogP contribution in [0, 0.1) is 0 Å². The van der Waals surface area contributed by atoms with Gasteiger partial charge in [0.05, 0.1) is 18.1 Å². The summed E-state index contributed by atoms with van der Waals surface area (Å²) in [6.45, 7) is 2.00. The maximum atomic E-state index is 11.5. The molecule has 8 nitrogen and oxygen atoms in total. The van der Waals surface area contributed by atoms with Gasteiger partial charge in [0.2, 0.25) is 10.0 Å². The minimum atomic E-state index is -3.34. The number of nitrogens with one attached hydrogen (secondary N) is 2. The summed E-state index contributed by atoms with van der Waals surface area (Å²) < 4.78 is 24.9. The van der Waals surface area contributed by atoms with Crippen molar-refractivity contribution in [2.75, 3.05) is 24.6 Å². The molecule has 0 aliphatic rings. The summed E-state index contributed by atoms with van der Waals surface area (Å²) in [7, 11) is -3.34. The minimum absolute atomic E-state index is 0.000221. The lowest BCUT2D eigenvalue weighted by Gasteiger charge is -2.06. The van der Waals surface area contributed by atoms with E-state index < -0.39 is 15.9 Å². The van der Waals surface area contributed by atoms with Crippen LogP contribution in [-0.2, 0) is 10.0 Å². The Hall–Kier alpha value is -1.74. The molecule has 0 saturated carbocycles. The van der Waals surface area contributed by atoms with Gasteiger partial charge in [-0.2, -0.15) is 0 Å². The molecule has 4 N–H and O–H groups in total. The Morgan fingerprint density at radius 3 is 2.67 bits per heavy atom. The number of hydrogen-bond donors (Lipinski definition) is 3. The van der Waals surface area contributed by atoms with Gasteiger partial charge in [0.25, 0.3) is 5.91 Å². The van der Waals surface area contributed by atoms with Gasteiger partial charge >= 0.3 is 0 Å². The lowest BCUT2D eigenvalue weighted by molar-refractivity contribution is 0.0951. The first-order valence-electron chi connectivity index (χ1n) is 5.27. The second kappa shape index (κ2) is 6.26. The van der Waals surface area contributed by atoms with Crippen molar-refractivity contribution in [1.82, 2.24) is 20.0 Å². The van der Waals surface area contributed by atoms with Crippen molar-refractivity contribution >= 4 is 21.7 Å². The first kappa shape index (κ1) is 14.3. The summed E-state index contributed by atoms with van der Waals surface area (Å²) in [5.74, 6) is -0.468. The summed E-state index contributed by atoms with van der Waals surface area (Å²) >= 11 is 0. The molecular weight excluding hydrogens is 258 g/mol. The van der Waals surface area contributed by atoms with Crippen LogP contribution in [0.25, 0.3) is 0 Å². The Bertz CT molecular complexity index is 499. The maximum absolute atomic E-state index is 11.5. The van der Waals surface area contributed by atoms with E-state index in [1.165, 1.54) is 12.4 Å². The van der Waals surface area contributed by atoms with E-state index in [9.17, 15) is 13.2 Å². The topological polar surface area (TPSA) is 127 Å². The molecule has 1 rings (SSSR count). The number of rotatable bonds is 6. The summed E-state index contributed by atoms with van der Waals surface area (Å²) in [4.78, 5) is 19.0. The Morgan fingerprint density at radius 1 is 1.39 bits per heavy atom. The number of anilines is 1. The van der Waals surface area contributed by atoms with Gasteiger partial charge in [-0.15, -0.1) is 0 Å². The van der Waals surface area contributed by atoms with Crippen LogP contribution in [0.4, 0.5) is 5.82 Å². The van der Waals surface area contributed by atoms with E-state index in [1.807, 2.05) is 0 Å². The quantitative estimate of drug-likeness (QED) is 0.593. The third kappa shape index (κ3) is 4.63. The van der Waals surface area contributed by atoms with Gasteiger partial charge < -0.3 is 11.1 Å². The standard InChI is InChI=1S/C9H15N5O3S/c1-2-14-18(16,17)4-3-11-9(15)7-5-13-8(10)6-12-7/h5-6,14H,2-4H2,1H3,(H2,10,13)(H,11,15). The fraction of sp³-hybridized carbons (Fsp3) is 0.444. The number of amides is 1. The lowest BCUT2D eigenvalue weighted by atomic mass is 10.4. The monoisotopic (exact) mass is 273 g/mol. The molecule has 0 unspecified atom stereocenters. The van der Waals surface area contributed by atoms with Crippen LogP contribution < -0.4 is 15.8 Å². The number of nitrogen functional groups attached to an aromatic ring is 1. The van der Waals surface area contributed by atoms with Gasteiger partial charge in [-0.1, -0.05) is 6.92 Å². The maximum Gasteiger partial charge on any atom is 0.271 e. The van der Waals surface area contributed by atoms with E-state index >= 15 is 0 Å². The zero-order valence-corrected chi connectivity index (χ0v) is 10.7. The molecule has 1 heterocycles. The van der Waals surface area contributed by atoms with E-state index in [1.54, 1.807) is 6.92 Å². The molecule has 1 amide bonds. The molecule has 0 atom stereocenters. The third-order valence-corrected chi connectivity index (χ3v) is 3.40. The lowest BCUT2D eigenvalue weighted by Crippen LogP contribution is -2.34. The van der Waals surface area contributed by atoms with Crippen LogP contribution in [0.15, 0.2) is 12.4 Å². The van der Waals surface area contributed by atoms with E-state index in [4.69, 9.17) is 5.73 Å². The highest BCUT2D eigenvalue weighted by Crippen LogP contribution is 1.95. The third-order valence-electron chi connectivity index (χ3n) is 1.93. The zero-order chi connectivity index (χ0) is 13.6. The van der Waals surface area contributed by atoms with Gasteiger partial charge in [-0.05, 0) is 0 Å². The summed E-state index contributed by atoms with van der Waals surface area (Å²) in [5, 5.41) is 2.43. The van der Waals surface area contributed by atoms with Crippen molar-refractivity contribution in [3.8, 4) is 0 Å². The Morgan fingerprint density at radius 2 is 2.11 bits per heavy atom. The van der Waals surface area contributed by atoms with Gasteiger partial charge in [-0.3, -0.25) is 4.79 Å². The Kier molecular flexibility index (Phi) is 4.98. The molecule has 0 aliphatic heterocycles. The minimum Gasteiger partial charge on any atom is -0.382 e. The van der Waals surface area contributed by atoms with Crippen molar-refractivity contribution in [3.63, 3.8) is 0 Å². The second-order valence-corrected chi connectivity index (χ2v) is 5.33. The van der Waals surface area contributed by atoms with Crippen LogP contribution >= 0.6 is 0 Å². The van der Waals surface area contributed by atoms with Crippen molar-refractivity contribution in [2.24, 2.45) is 0 Å². The number of aromatic nitrogens is 2. The highest BCUT2D eigenvalue weighted by Gasteiger charge is 2.11. The highest BCUT2D eigenvalue weighted by atomic mass is 32.2. The average Bonchev–Trinajstić information content (AvgIpc) is 2.29. The van der Waals surface area contributed by atoms with Crippen LogP contribution in [0.5, 0.6) is 0 Å². The van der Waals surface area contributed by atoms with E-state index in [0.717, 1.165) is 0 Å². The van der Waals surface area contributed by atoms with Gasteiger partial charge in [-0.25, -0.2) is 23.1 Å². The molecule has 1 aromatic rings. The molecule has 18 heavy (non-hydrogen) atoms. The van der Waals surface area contributed by atoms with Gasteiger partial charge in [0.1, 0.15) is 11.5 Å². The van der Waals surface area contributed by atoms with Crippen LogP contribution in [0.1, 0.15) is 17.4 Å². The van der Waals surface area contributed by atoms with Crippen LogP contribution in [0.2, 0.25) is 0 Å². The van der Waals surface area contributed by atoms with Crippen molar-refractivity contribution in [1.29, 1.82) is 0 Å². The zero-order valence-electron chi connectivity index (χ0n) is 9.88. The van der Waals surface area contributed by atoms with Crippen molar-refractivity contribution < 1.29 is 13.2 Å². The molecule has 0 saturated heterocycles. The molecule has 9 heteroatoms. The van der Waals surface area contributed by atoms with Crippen LogP contribution in [0.3, 0.4) is 0 Å². The predicted octanol–water partition coefficient (Wildman–Crippen LogP) is -1.27. The average molecular weight is 273 g/mol. The fourth-order valence-corrected chi connectivity index (χ4v) is 2.09. The molecule has 0 fully saturated rings. The van der Waals surface area contributed by atoms with E-state index in [-0.39, 0.29) is 23.8 Å². The molecule has 0 aromatic carbocycles. The molecular formula is C9H15N5O3S. The van der Waals surface area contributed by atoms with E-state index in [0.29, 0.717) is 6.54 Å². The number of carbonyl (C=O) groups excluding carboxylic acids is 1. The molecule has 0 aliphatic carbocycles. The SMILES string of the molecule is CCNS(=O)(=O)CCNC(=O)c1cnc(N)cn1. The predicted molar refractivity (Wildman–Crippen MR) is 66.2 cm³/mol. The molecule has 0 spiro atoms. The van der Waals surface area contributed by atoms with Crippen molar-refractivity contribution in [3.05, 3.63) is 18.1 Å². The highest BCUT2D eigenvalue weighted by molar-refractivity contribution is 7.89. The molecule has 1 aromatic heterocycles. The smallest absolute Gasteiger partial charge is 0.271 e. The first-order valence-corrected chi connectivity index (χ1v) is 6.93. The van der Waals surface area contributed by atoms with Gasteiger partial charge in [0, 0.05) is 13.1 Å². The Balaban J connectivity index is 2.45. The van der Waals surface area contributed by atoms with Gasteiger partial charge in [0.15, 0.2) is 0 Å². The molecule has 0 radical (unpaired) electrons. The van der Waals surface area contributed by atoms with Crippen LogP contribution in [-0.4, -0.2) is 43.1 Å². The number of sulfonamides is 1. The normalized spacial score (nSPS) is 11.2.